The summed E-state index contributed by atoms with van der Waals surface area (Å²) in [5, 5.41) is 3.47. The summed E-state index contributed by atoms with van der Waals surface area (Å²) in [6, 6.07) is 8.26. The second-order valence-corrected chi connectivity index (χ2v) is 3.63. The van der Waals surface area contributed by atoms with Crippen molar-refractivity contribution in [1.82, 2.24) is 0 Å². The maximum atomic E-state index is 8.11. The van der Waals surface area contributed by atoms with Crippen molar-refractivity contribution < 1.29 is 0 Å². The summed E-state index contributed by atoms with van der Waals surface area (Å²) >= 11 is 0. The lowest BCUT2D eigenvalue weighted by Crippen LogP contribution is -2.08. The molecule has 16 heavy (non-hydrogen) atoms. The van der Waals surface area contributed by atoms with Gasteiger partial charge in [-0.3, -0.25) is 0 Å². The van der Waals surface area contributed by atoms with Crippen molar-refractivity contribution in [2.45, 2.75) is 6.42 Å². The molecule has 0 fully saturated rings. The Morgan fingerprint density at radius 3 is 2.94 bits per heavy atom. The number of nitrogens with zero attached hydrogens (tertiary/aromatic N) is 4. The third-order valence-corrected chi connectivity index (χ3v) is 2.16. The van der Waals surface area contributed by atoms with E-state index < -0.39 is 0 Å². The van der Waals surface area contributed by atoms with Gasteiger partial charge in [-0.2, -0.15) is 0 Å². The summed E-state index contributed by atoms with van der Waals surface area (Å²) in [4.78, 5) is 4.77. The normalized spacial score (nSPS) is 10.1. The molecule has 0 aromatic heterocycles. The van der Waals surface area contributed by atoms with Gasteiger partial charge in [0.2, 0.25) is 0 Å². The first-order valence-electron chi connectivity index (χ1n) is 5.19. The molecule has 0 aliphatic carbocycles. The number of hydrogen-bond donors (Lipinski definition) is 0. The second kappa shape index (κ2) is 6.53. The quantitative estimate of drug-likeness (QED) is 0.322. The Morgan fingerprint density at radius 2 is 2.25 bits per heavy atom. The van der Waals surface area contributed by atoms with Crippen LogP contribution in [0.15, 0.2) is 35.5 Å². The molecule has 1 aromatic carbocycles. The molecule has 84 valence electrons. The Kier molecular flexibility index (Phi) is 4.96. The van der Waals surface area contributed by atoms with Crippen LogP contribution >= 0.6 is 0 Å². The molecule has 0 saturated heterocycles. The fourth-order valence-electron chi connectivity index (χ4n) is 1.30. The molecule has 0 heterocycles. The number of hydrogen-bond acceptors (Lipinski definition) is 2. The first-order chi connectivity index (χ1) is 7.74. The monoisotopic (exact) mass is 216 g/mol. The summed E-state index contributed by atoms with van der Waals surface area (Å²) in [7, 11) is 4.04. The minimum absolute atomic E-state index is 0.514. The van der Waals surface area contributed by atoms with Crippen LogP contribution in [0.25, 0.3) is 16.5 Å². The number of azide groups is 1. The molecule has 0 atom stereocenters. The molecule has 0 amide bonds. The van der Waals surface area contributed by atoms with Crippen molar-refractivity contribution in [3.8, 4) is 0 Å². The smallest absolute Gasteiger partial charge is 0.0367 e. The number of rotatable bonds is 5. The van der Waals surface area contributed by atoms with Gasteiger partial charge in [0.25, 0.3) is 0 Å². The zero-order chi connectivity index (χ0) is 11.8. The van der Waals surface area contributed by atoms with E-state index in [0.29, 0.717) is 6.54 Å². The van der Waals surface area contributed by atoms with Crippen LogP contribution in [-0.2, 0) is 0 Å². The number of benzene rings is 1. The minimum Gasteiger partial charge on any atom is -0.378 e. The second-order valence-electron chi connectivity index (χ2n) is 3.63. The van der Waals surface area contributed by atoms with Gasteiger partial charge in [-0.05, 0) is 29.6 Å². The van der Waals surface area contributed by atoms with Crippen molar-refractivity contribution in [1.29, 1.82) is 0 Å². The summed E-state index contributed by atoms with van der Waals surface area (Å²) in [6.45, 7) is 0.514. The fourth-order valence-corrected chi connectivity index (χ4v) is 1.30. The maximum absolute atomic E-state index is 8.11. The molecule has 0 spiro atoms. The van der Waals surface area contributed by atoms with Gasteiger partial charge in [-0.25, -0.2) is 0 Å². The topological polar surface area (TPSA) is 52.0 Å². The Hall–Kier alpha value is -1.93. The van der Waals surface area contributed by atoms with E-state index in [1.54, 1.807) is 0 Å². The zero-order valence-electron chi connectivity index (χ0n) is 9.67. The van der Waals surface area contributed by atoms with Crippen LogP contribution in [0.1, 0.15) is 12.0 Å². The van der Waals surface area contributed by atoms with Crippen molar-refractivity contribution >= 4 is 11.8 Å². The summed E-state index contributed by atoms with van der Waals surface area (Å²) in [5.74, 6) is 0. The standard InChI is InChI=1S/C12H16N4/c1-16(2)12-8-5-7-11(10-12)6-3-4-9-14-15-13/h3,5-8,10H,4,9H2,1-2H3. The predicted molar refractivity (Wildman–Crippen MR) is 68.4 cm³/mol. The summed E-state index contributed by atoms with van der Waals surface area (Å²) < 4.78 is 0. The minimum atomic E-state index is 0.514. The molecule has 0 radical (unpaired) electrons. The highest BCUT2D eigenvalue weighted by molar-refractivity contribution is 5.57. The maximum Gasteiger partial charge on any atom is 0.0367 e. The van der Waals surface area contributed by atoms with Crippen LogP contribution < -0.4 is 4.90 Å². The van der Waals surface area contributed by atoms with E-state index in [9.17, 15) is 0 Å². The van der Waals surface area contributed by atoms with E-state index in [0.717, 1.165) is 12.0 Å². The van der Waals surface area contributed by atoms with Crippen molar-refractivity contribution in [3.63, 3.8) is 0 Å². The lowest BCUT2D eigenvalue weighted by molar-refractivity contribution is 0.995. The largest absolute Gasteiger partial charge is 0.378 e. The van der Waals surface area contributed by atoms with Gasteiger partial charge in [0.15, 0.2) is 0 Å². The Morgan fingerprint density at radius 1 is 1.44 bits per heavy atom. The van der Waals surface area contributed by atoms with Crippen LogP contribution in [0.4, 0.5) is 5.69 Å². The molecule has 0 N–H and O–H groups in total. The van der Waals surface area contributed by atoms with Crippen LogP contribution in [0, 0.1) is 0 Å². The molecule has 0 bridgehead atoms. The highest BCUT2D eigenvalue weighted by Gasteiger charge is 1.94. The van der Waals surface area contributed by atoms with Crippen molar-refractivity contribution in [3.05, 3.63) is 46.3 Å². The highest BCUT2D eigenvalue weighted by Crippen LogP contribution is 2.14. The highest BCUT2D eigenvalue weighted by atomic mass is 15.1. The molecule has 1 aromatic rings. The SMILES string of the molecule is CN(C)c1cccc(C=CCCN=[N+]=[N-])c1. The van der Waals surface area contributed by atoms with Gasteiger partial charge < -0.3 is 4.90 Å². The molecular weight excluding hydrogens is 200 g/mol. The van der Waals surface area contributed by atoms with Crippen LogP contribution in [0.3, 0.4) is 0 Å². The van der Waals surface area contributed by atoms with E-state index in [2.05, 4.69) is 33.1 Å². The third kappa shape index (κ3) is 4.07. The van der Waals surface area contributed by atoms with Crippen LogP contribution in [0.5, 0.6) is 0 Å². The Bertz CT molecular complexity index is 403. The van der Waals surface area contributed by atoms with Gasteiger partial charge in [0.1, 0.15) is 0 Å². The Balaban J connectivity index is 2.59. The van der Waals surface area contributed by atoms with E-state index in [1.807, 2.05) is 32.3 Å². The average Bonchev–Trinajstić information content (AvgIpc) is 2.29. The van der Waals surface area contributed by atoms with Gasteiger partial charge in [-0.1, -0.05) is 29.4 Å². The van der Waals surface area contributed by atoms with E-state index in [1.165, 1.54) is 5.69 Å². The molecule has 1 rings (SSSR count). The summed E-state index contributed by atoms with van der Waals surface area (Å²) in [6.07, 6.45) is 4.83. The van der Waals surface area contributed by atoms with Gasteiger partial charge >= 0.3 is 0 Å². The molecule has 4 nitrogen and oxygen atoms in total. The summed E-state index contributed by atoms with van der Waals surface area (Å²) in [5.41, 5.74) is 10.4. The predicted octanol–water partition coefficient (Wildman–Crippen LogP) is 3.47. The lowest BCUT2D eigenvalue weighted by atomic mass is 10.1. The molecular formula is C12H16N4. The van der Waals surface area contributed by atoms with Gasteiger partial charge in [-0.15, -0.1) is 0 Å². The molecule has 4 heteroatoms. The van der Waals surface area contributed by atoms with Gasteiger partial charge in [0.05, 0.1) is 0 Å². The van der Waals surface area contributed by atoms with E-state index in [-0.39, 0.29) is 0 Å². The van der Waals surface area contributed by atoms with E-state index >= 15 is 0 Å². The van der Waals surface area contributed by atoms with E-state index in [4.69, 9.17) is 5.53 Å². The van der Waals surface area contributed by atoms with Crippen LogP contribution in [-0.4, -0.2) is 20.6 Å². The first kappa shape index (κ1) is 12.1. The third-order valence-electron chi connectivity index (χ3n) is 2.16. The van der Waals surface area contributed by atoms with Crippen molar-refractivity contribution in [2.24, 2.45) is 5.11 Å². The average molecular weight is 216 g/mol. The zero-order valence-corrected chi connectivity index (χ0v) is 9.67. The molecule has 0 aliphatic rings. The van der Waals surface area contributed by atoms with Gasteiger partial charge in [0, 0.05) is 31.2 Å². The molecule has 0 saturated carbocycles. The Labute approximate surface area is 95.8 Å². The lowest BCUT2D eigenvalue weighted by Gasteiger charge is -2.12. The first-order valence-corrected chi connectivity index (χ1v) is 5.19. The number of anilines is 1. The van der Waals surface area contributed by atoms with Crippen molar-refractivity contribution in [2.75, 3.05) is 25.5 Å². The molecule has 0 aliphatic heterocycles. The molecule has 0 unspecified atom stereocenters. The van der Waals surface area contributed by atoms with Crippen LogP contribution in [0.2, 0.25) is 0 Å². The fraction of sp³-hybridized carbons (Fsp3) is 0.333.